The topological polar surface area (TPSA) is 59.6 Å². The highest BCUT2D eigenvalue weighted by atomic mass is 16.5. The van der Waals surface area contributed by atoms with Crippen LogP contribution in [-0.2, 0) is 9.53 Å². The Labute approximate surface area is 152 Å². The van der Waals surface area contributed by atoms with Crippen LogP contribution in [0.1, 0.15) is 0 Å². The normalized spacial score (nSPS) is 10.5. The summed E-state index contributed by atoms with van der Waals surface area (Å²) in [6, 6.07) is 21.4. The Morgan fingerprint density at radius 2 is 1.77 bits per heavy atom. The minimum absolute atomic E-state index is 0.119. The molecule has 0 saturated carbocycles. The Kier molecular flexibility index (Phi) is 6.06. The first-order valence-electron chi connectivity index (χ1n) is 8.49. The highest BCUT2D eigenvalue weighted by Gasteiger charge is 2.05. The van der Waals surface area contributed by atoms with Gasteiger partial charge in [-0.05, 0) is 23.6 Å². The number of hydrogen-bond acceptors (Lipinski definition) is 4. The average molecular weight is 350 g/mol. The van der Waals surface area contributed by atoms with E-state index in [1.165, 1.54) is 0 Å². The molecule has 0 bridgehead atoms. The molecule has 26 heavy (non-hydrogen) atoms. The van der Waals surface area contributed by atoms with Crippen LogP contribution < -0.4 is 15.4 Å². The molecule has 1 amide bonds. The Morgan fingerprint density at radius 3 is 2.65 bits per heavy atom. The molecule has 0 aromatic heterocycles. The molecule has 3 aromatic rings. The number of fused-ring (bicyclic) bond motifs is 1. The van der Waals surface area contributed by atoms with Crippen LogP contribution in [0.25, 0.3) is 10.8 Å². The summed E-state index contributed by atoms with van der Waals surface area (Å²) in [5.41, 5.74) is 1.64. The van der Waals surface area contributed by atoms with Crippen LogP contribution >= 0.6 is 0 Å². The number of hydrogen-bond donors (Lipinski definition) is 2. The van der Waals surface area contributed by atoms with Gasteiger partial charge in [0.25, 0.3) is 0 Å². The lowest BCUT2D eigenvalue weighted by molar-refractivity contribution is -0.114. The molecule has 0 atom stereocenters. The molecule has 0 radical (unpaired) electrons. The Morgan fingerprint density at radius 1 is 0.962 bits per heavy atom. The van der Waals surface area contributed by atoms with Crippen LogP contribution in [0.2, 0.25) is 0 Å². The largest absolute Gasteiger partial charge is 0.491 e. The van der Waals surface area contributed by atoms with E-state index in [-0.39, 0.29) is 12.5 Å². The third-order valence-corrected chi connectivity index (χ3v) is 3.90. The Hall–Kier alpha value is -3.05. The second-order valence-corrected chi connectivity index (χ2v) is 5.80. The predicted octanol–water partition coefficient (Wildman–Crippen LogP) is 3.92. The van der Waals surface area contributed by atoms with Gasteiger partial charge in [0.2, 0.25) is 5.91 Å². The third-order valence-electron chi connectivity index (χ3n) is 3.90. The minimum Gasteiger partial charge on any atom is -0.491 e. The number of methoxy groups -OCH3 is 1. The summed E-state index contributed by atoms with van der Waals surface area (Å²) in [5, 5.41) is 8.31. The molecule has 0 aliphatic carbocycles. The van der Waals surface area contributed by atoms with E-state index in [0.29, 0.717) is 24.7 Å². The first-order chi connectivity index (χ1) is 12.8. The van der Waals surface area contributed by atoms with Gasteiger partial charge < -0.3 is 20.1 Å². The smallest absolute Gasteiger partial charge is 0.243 e. The van der Waals surface area contributed by atoms with Gasteiger partial charge in [-0.2, -0.15) is 0 Å². The van der Waals surface area contributed by atoms with Crippen LogP contribution in [-0.4, -0.2) is 32.8 Å². The summed E-state index contributed by atoms with van der Waals surface area (Å²) in [4.78, 5) is 12.3. The van der Waals surface area contributed by atoms with E-state index < -0.39 is 0 Å². The molecule has 0 heterocycles. The van der Waals surface area contributed by atoms with E-state index in [9.17, 15) is 4.79 Å². The Balaban J connectivity index is 1.58. The number of amides is 1. The fourth-order valence-corrected chi connectivity index (χ4v) is 2.67. The third kappa shape index (κ3) is 4.74. The highest BCUT2D eigenvalue weighted by Crippen LogP contribution is 2.23. The van der Waals surface area contributed by atoms with E-state index >= 15 is 0 Å². The lowest BCUT2D eigenvalue weighted by atomic mass is 10.1. The zero-order valence-corrected chi connectivity index (χ0v) is 14.7. The van der Waals surface area contributed by atoms with E-state index in [2.05, 4.69) is 22.8 Å². The highest BCUT2D eigenvalue weighted by molar-refractivity contribution is 5.98. The number of carbonyl (C=O) groups excluding carboxylic acids is 1. The summed E-state index contributed by atoms with van der Waals surface area (Å²) in [6.07, 6.45) is 0. The first kappa shape index (κ1) is 17.8. The maximum Gasteiger partial charge on any atom is 0.243 e. The fraction of sp³-hybridized carbons (Fsp3) is 0.190. The van der Waals surface area contributed by atoms with Gasteiger partial charge in [0.1, 0.15) is 12.4 Å². The van der Waals surface area contributed by atoms with E-state index in [0.717, 1.165) is 16.5 Å². The number of carbonyl (C=O) groups is 1. The van der Waals surface area contributed by atoms with Gasteiger partial charge in [-0.3, -0.25) is 4.79 Å². The molecule has 3 rings (SSSR count). The van der Waals surface area contributed by atoms with E-state index in [1.54, 1.807) is 13.2 Å². The second kappa shape index (κ2) is 8.87. The molecule has 5 heteroatoms. The summed E-state index contributed by atoms with van der Waals surface area (Å²) in [5.74, 6) is 0.578. The van der Waals surface area contributed by atoms with Crippen LogP contribution in [0.15, 0.2) is 66.7 Å². The monoisotopic (exact) mass is 350 g/mol. The minimum atomic E-state index is -0.119. The lowest BCUT2D eigenvalue weighted by Gasteiger charge is -2.11. The molecule has 0 spiro atoms. The molecule has 0 saturated heterocycles. The number of ether oxygens (including phenoxy) is 2. The molecular weight excluding hydrogens is 328 g/mol. The van der Waals surface area contributed by atoms with Gasteiger partial charge in [-0.25, -0.2) is 0 Å². The number of anilines is 2. The maximum atomic E-state index is 12.3. The molecule has 0 aliphatic heterocycles. The fourth-order valence-electron chi connectivity index (χ4n) is 2.67. The molecule has 0 aliphatic rings. The molecule has 134 valence electrons. The van der Waals surface area contributed by atoms with Crippen LogP contribution in [0.5, 0.6) is 5.75 Å². The van der Waals surface area contributed by atoms with Crippen LogP contribution in [0, 0.1) is 0 Å². The Bertz CT molecular complexity index is 875. The number of nitrogens with one attached hydrogen (secondary N) is 2. The van der Waals surface area contributed by atoms with Gasteiger partial charge in [0, 0.05) is 29.9 Å². The molecule has 3 aromatic carbocycles. The van der Waals surface area contributed by atoms with Gasteiger partial charge in [0.05, 0.1) is 13.2 Å². The number of benzene rings is 3. The summed E-state index contributed by atoms with van der Waals surface area (Å²) < 4.78 is 10.5. The van der Waals surface area contributed by atoms with Gasteiger partial charge in [0.15, 0.2) is 0 Å². The average Bonchev–Trinajstić information content (AvgIpc) is 2.67. The van der Waals surface area contributed by atoms with Gasteiger partial charge in [-0.1, -0.05) is 42.5 Å². The maximum absolute atomic E-state index is 12.3. The molecule has 2 N–H and O–H groups in total. The van der Waals surface area contributed by atoms with Crippen molar-refractivity contribution in [1.82, 2.24) is 0 Å². The van der Waals surface area contributed by atoms with Crippen molar-refractivity contribution < 1.29 is 14.3 Å². The number of rotatable bonds is 8. The van der Waals surface area contributed by atoms with E-state index in [4.69, 9.17) is 9.47 Å². The SMILES string of the molecule is COCCOc1cccc(NC(=O)CNc2cccc3ccccc23)c1. The van der Waals surface area contributed by atoms with Gasteiger partial charge in [-0.15, -0.1) is 0 Å². The van der Waals surface area contributed by atoms with Crippen molar-refractivity contribution in [2.45, 2.75) is 0 Å². The van der Waals surface area contributed by atoms with E-state index in [1.807, 2.05) is 48.5 Å². The zero-order chi connectivity index (χ0) is 18.2. The van der Waals surface area contributed by atoms with Crippen molar-refractivity contribution in [1.29, 1.82) is 0 Å². The molecule has 0 fully saturated rings. The molecule has 0 unspecified atom stereocenters. The lowest BCUT2D eigenvalue weighted by Crippen LogP contribution is -2.21. The summed E-state index contributed by atoms with van der Waals surface area (Å²) in [6.45, 7) is 1.17. The standard InChI is InChI=1S/C21H22N2O3/c1-25-12-13-26-18-9-5-8-17(14-18)23-21(24)15-22-20-11-4-7-16-6-2-3-10-19(16)20/h2-11,14,22H,12-13,15H2,1H3,(H,23,24). The molecular formula is C21H22N2O3. The van der Waals surface area contributed by atoms with Crippen molar-refractivity contribution in [2.75, 3.05) is 37.5 Å². The summed E-state index contributed by atoms with van der Waals surface area (Å²) in [7, 11) is 1.63. The van der Waals surface area contributed by atoms with Crippen LogP contribution in [0.3, 0.4) is 0 Å². The van der Waals surface area contributed by atoms with Crippen molar-refractivity contribution in [3.63, 3.8) is 0 Å². The van der Waals surface area contributed by atoms with Crippen LogP contribution in [0.4, 0.5) is 11.4 Å². The van der Waals surface area contributed by atoms with Crippen molar-refractivity contribution in [3.8, 4) is 5.75 Å². The van der Waals surface area contributed by atoms with Crippen molar-refractivity contribution >= 4 is 28.1 Å². The second-order valence-electron chi connectivity index (χ2n) is 5.80. The van der Waals surface area contributed by atoms with Crippen molar-refractivity contribution in [2.24, 2.45) is 0 Å². The van der Waals surface area contributed by atoms with Crippen molar-refractivity contribution in [3.05, 3.63) is 66.7 Å². The quantitative estimate of drug-likeness (QED) is 0.605. The zero-order valence-electron chi connectivity index (χ0n) is 14.7. The van der Waals surface area contributed by atoms with Gasteiger partial charge >= 0.3 is 0 Å². The summed E-state index contributed by atoms with van der Waals surface area (Å²) >= 11 is 0. The predicted molar refractivity (Wildman–Crippen MR) is 105 cm³/mol. The molecule has 5 nitrogen and oxygen atoms in total. The first-order valence-corrected chi connectivity index (χ1v) is 8.49.